The number of hydrogen-bond acceptors (Lipinski definition) is 5. The Bertz CT molecular complexity index is 1530. The molecular formula is C30H36N4O2S. The SMILES string of the molecule is Cc1nc(-c2ccc(N3CCN(CC(C)C)CC3)cc2)cc2c1cc(-c1cccc(S(C)(=O)=O)c1)n2C. The summed E-state index contributed by atoms with van der Waals surface area (Å²) >= 11 is 0. The molecule has 0 amide bonds. The Morgan fingerprint density at radius 3 is 2.27 bits per heavy atom. The smallest absolute Gasteiger partial charge is 0.175 e. The fourth-order valence-corrected chi connectivity index (χ4v) is 6.01. The minimum atomic E-state index is -3.27. The largest absolute Gasteiger partial charge is 0.369 e. The van der Waals surface area contributed by atoms with Gasteiger partial charge in [-0.2, -0.15) is 0 Å². The van der Waals surface area contributed by atoms with Gasteiger partial charge in [-0.05, 0) is 54.8 Å². The molecule has 1 saturated heterocycles. The van der Waals surface area contributed by atoms with Crippen LogP contribution in [0, 0.1) is 12.8 Å². The Kier molecular flexibility index (Phi) is 6.86. The molecule has 5 rings (SSSR count). The standard InChI is InChI=1S/C30H36N4O2S/c1-21(2)20-33-13-15-34(16-14-33)25-11-9-23(10-12-25)28-19-30-27(22(3)31-28)18-29(32(30)4)24-7-6-8-26(17-24)37(5,35)36/h6-12,17-19,21H,13-16,20H2,1-5H3. The summed E-state index contributed by atoms with van der Waals surface area (Å²) in [7, 11) is -1.25. The first-order valence-corrected chi connectivity index (χ1v) is 14.8. The van der Waals surface area contributed by atoms with Crippen LogP contribution in [0.3, 0.4) is 0 Å². The van der Waals surface area contributed by atoms with Crippen LogP contribution in [0.5, 0.6) is 0 Å². The molecule has 1 aliphatic heterocycles. The van der Waals surface area contributed by atoms with E-state index in [1.54, 1.807) is 18.2 Å². The van der Waals surface area contributed by atoms with Crippen LogP contribution >= 0.6 is 0 Å². The van der Waals surface area contributed by atoms with Gasteiger partial charge in [0.2, 0.25) is 0 Å². The van der Waals surface area contributed by atoms with Gasteiger partial charge < -0.3 is 9.47 Å². The summed E-state index contributed by atoms with van der Waals surface area (Å²) in [6.45, 7) is 12.1. The van der Waals surface area contributed by atoms with Crippen molar-refractivity contribution in [2.24, 2.45) is 13.0 Å². The van der Waals surface area contributed by atoms with E-state index >= 15 is 0 Å². The van der Waals surface area contributed by atoms with Crippen molar-refractivity contribution >= 4 is 26.4 Å². The van der Waals surface area contributed by atoms with Gasteiger partial charge in [-0.3, -0.25) is 9.88 Å². The third kappa shape index (κ3) is 5.29. The maximum atomic E-state index is 12.1. The van der Waals surface area contributed by atoms with E-state index in [-0.39, 0.29) is 0 Å². The Hall–Kier alpha value is -3.16. The molecule has 3 heterocycles. The number of aryl methyl sites for hydroxylation is 2. The second-order valence-corrected chi connectivity index (χ2v) is 12.7. The number of sulfone groups is 1. The lowest BCUT2D eigenvalue weighted by molar-refractivity contribution is 0.231. The highest BCUT2D eigenvalue weighted by atomic mass is 32.2. The number of piperazine rings is 1. The molecule has 0 atom stereocenters. The Morgan fingerprint density at radius 1 is 0.919 bits per heavy atom. The lowest BCUT2D eigenvalue weighted by Gasteiger charge is -2.36. The molecule has 1 fully saturated rings. The van der Waals surface area contributed by atoms with Gasteiger partial charge in [0.25, 0.3) is 0 Å². The first kappa shape index (κ1) is 25.5. The number of benzene rings is 2. The normalized spacial score (nSPS) is 15.1. The molecule has 0 aliphatic carbocycles. The second kappa shape index (κ2) is 9.95. The Balaban J connectivity index is 1.42. The van der Waals surface area contributed by atoms with E-state index in [9.17, 15) is 8.42 Å². The van der Waals surface area contributed by atoms with Crippen LogP contribution in [0.4, 0.5) is 5.69 Å². The molecule has 0 N–H and O–H groups in total. The van der Waals surface area contributed by atoms with Crippen molar-refractivity contribution in [1.82, 2.24) is 14.5 Å². The van der Waals surface area contributed by atoms with Crippen molar-refractivity contribution in [3.8, 4) is 22.5 Å². The molecule has 0 unspecified atom stereocenters. The van der Waals surface area contributed by atoms with Crippen LogP contribution in [-0.4, -0.2) is 61.8 Å². The molecule has 1 aliphatic rings. The summed E-state index contributed by atoms with van der Waals surface area (Å²) in [5.74, 6) is 0.706. The number of aromatic nitrogens is 2. The van der Waals surface area contributed by atoms with E-state index in [2.05, 4.69) is 64.6 Å². The van der Waals surface area contributed by atoms with Gasteiger partial charge in [-0.25, -0.2) is 8.42 Å². The maximum absolute atomic E-state index is 12.1. The molecule has 6 nitrogen and oxygen atoms in total. The molecule has 0 spiro atoms. The van der Waals surface area contributed by atoms with E-state index in [0.717, 1.165) is 65.3 Å². The van der Waals surface area contributed by atoms with Crippen molar-refractivity contribution < 1.29 is 8.42 Å². The average Bonchev–Trinajstić information content (AvgIpc) is 3.21. The summed E-state index contributed by atoms with van der Waals surface area (Å²) in [4.78, 5) is 10.3. The molecular weight excluding hydrogens is 480 g/mol. The van der Waals surface area contributed by atoms with Gasteiger partial charge >= 0.3 is 0 Å². The van der Waals surface area contributed by atoms with E-state index in [4.69, 9.17) is 4.98 Å². The zero-order chi connectivity index (χ0) is 26.3. The third-order valence-corrected chi connectivity index (χ3v) is 8.42. The fourth-order valence-electron chi connectivity index (χ4n) is 5.34. The van der Waals surface area contributed by atoms with Crippen molar-refractivity contribution in [3.63, 3.8) is 0 Å². The zero-order valence-corrected chi connectivity index (χ0v) is 23.2. The average molecular weight is 517 g/mol. The number of nitrogens with zero attached hydrogens (tertiary/aromatic N) is 4. The highest BCUT2D eigenvalue weighted by Gasteiger charge is 2.19. The van der Waals surface area contributed by atoms with Crippen LogP contribution in [-0.2, 0) is 16.9 Å². The molecule has 0 saturated carbocycles. The number of anilines is 1. The highest BCUT2D eigenvalue weighted by molar-refractivity contribution is 7.90. The lowest BCUT2D eigenvalue weighted by Crippen LogP contribution is -2.47. The minimum absolute atomic E-state index is 0.326. The summed E-state index contributed by atoms with van der Waals surface area (Å²) < 4.78 is 26.3. The van der Waals surface area contributed by atoms with E-state index in [1.165, 1.54) is 18.5 Å². The van der Waals surface area contributed by atoms with Crippen molar-refractivity contribution in [1.29, 1.82) is 0 Å². The monoisotopic (exact) mass is 516 g/mol. The van der Waals surface area contributed by atoms with Crippen LogP contribution in [0.15, 0.2) is 65.6 Å². The van der Waals surface area contributed by atoms with Crippen LogP contribution < -0.4 is 4.90 Å². The minimum Gasteiger partial charge on any atom is -0.369 e. The predicted molar refractivity (Wildman–Crippen MR) is 153 cm³/mol. The number of rotatable bonds is 6. The topological polar surface area (TPSA) is 58.4 Å². The number of hydrogen-bond donors (Lipinski definition) is 0. The Morgan fingerprint density at radius 2 is 1.62 bits per heavy atom. The van der Waals surface area contributed by atoms with Crippen LogP contribution in [0.25, 0.3) is 33.4 Å². The number of pyridine rings is 1. The molecule has 2 aromatic heterocycles. The predicted octanol–water partition coefficient (Wildman–Crippen LogP) is 5.40. The van der Waals surface area contributed by atoms with Crippen molar-refractivity contribution in [2.75, 3.05) is 43.9 Å². The summed E-state index contributed by atoms with van der Waals surface area (Å²) in [6, 6.07) is 20.1. The second-order valence-electron chi connectivity index (χ2n) is 10.6. The molecule has 37 heavy (non-hydrogen) atoms. The zero-order valence-electron chi connectivity index (χ0n) is 22.4. The summed E-state index contributed by atoms with van der Waals surface area (Å²) in [5, 5.41) is 1.07. The summed E-state index contributed by atoms with van der Waals surface area (Å²) in [5.41, 5.74) is 7.17. The molecule has 2 aromatic carbocycles. The van der Waals surface area contributed by atoms with Gasteiger partial charge in [-0.15, -0.1) is 0 Å². The lowest BCUT2D eigenvalue weighted by atomic mass is 10.1. The first-order chi connectivity index (χ1) is 17.6. The van der Waals surface area contributed by atoms with E-state index < -0.39 is 9.84 Å². The van der Waals surface area contributed by atoms with Gasteiger partial charge in [0, 0.05) is 74.1 Å². The molecule has 194 valence electrons. The van der Waals surface area contributed by atoms with Crippen LogP contribution in [0.1, 0.15) is 19.5 Å². The maximum Gasteiger partial charge on any atom is 0.175 e. The van der Waals surface area contributed by atoms with E-state index in [0.29, 0.717) is 10.8 Å². The van der Waals surface area contributed by atoms with Crippen molar-refractivity contribution in [2.45, 2.75) is 25.7 Å². The van der Waals surface area contributed by atoms with Gasteiger partial charge in [0.1, 0.15) is 0 Å². The quantitative estimate of drug-likeness (QED) is 0.344. The van der Waals surface area contributed by atoms with Crippen molar-refractivity contribution in [3.05, 3.63) is 66.4 Å². The highest BCUT2D eigenvalue weighted by Crippen LogP contribution is 2.33. The third-order valence-electron chi connectivity index (χ3n) is 7.31. The first-order valence-electron chi connectivity index (χ1n) is 13.0. The molecule has 4 aromatic rings. The molecule has 0 bridgehead atoms. The van der Waals surface area contributed by atoms with Gasteiger partial charge in [-0.1, -0.05) is 38.1 Å². The molecule has 0 radical (unpaired) electrons. The van der Waals surface area contributed by atoms with Gasteiger partial charge in [0.15, 0.2) is 9.84 Å². The Labute approximate surface area is 220 Å². The molecule has 7 heteroatoms. The summed E-state index contributed by atoms with van der Waals surface area (Å²) in [6.07, 6.45) is 1.24. The van der Waals surface area contributed by atoms with Gasteiger partial charge in [0.05, 0.1) is 16.1 Å². The van der Waals surface area contributed by atoms with Crippen LogP contribution in [0.2, 0.25) is 0 Å². The number of fused-ring (bicyclic) bond motifs is 1. The van der Waals surface area contributed by atoms with E-state index in [1.807, 2.05) is 20.0 Å². The fraction of sp³-hybridized carbons (Fsp3) is 0.367.